The molecule has 0 bridgehead atoms. The van der Waals surface area contributed by atoms with Gasteiger partial charge in [-0.25, -0.2) is 14.5 Å². The van der Waals surface area contributed by atoms with Crippen LogP contribution in [-0.2, 0) is 25.3 Å². The van der Waals surface area contributed by atoms with Crippen LogP contribution in [0.2, 0.25) is 0 Å². The number of rotatable bonds is 10. The quantitative estimate of drug-likeness (QED) is 0.450. The Hall–Kier alpha value is -3.53. The molecule has 3 aromatic rings. The van der Waals surface area contributed by atoms with Gasteiger partial charge >= 0.3 is 11.9 Å². The standard InChI is InChI=1S/C25H25F2N3O2/c1-3-5-10-22-28-24(25(26,27)15-4-2)29-30(22)17-19-13-11-18(12-14-19)16-20-8-6-7-9-21(20)23(31)32/h1,6-9,11-14H,4-5,10,15-17H2,2H3,(H,31,32). The summed E-state index contributed by atoms with van der Waals surface area (Å²) in [4.78, 5) is 15.5. The van der Waals surface area contributed by atoms with Gasteiger partial charge in [-0.3, -0.25) is 0 Å². The van der Waals surface area contributed by atoms with Gasteiger partial charge in [-0.2, -0.15) is 8.78 Å². The number of carbonyl (C=O) groups is 1. The summed E-state index contributed by atoms with van der Waals surface area (Å²) in [5, 5.41) is 13.4. The lowest BCUT2D eigenvalue weighted by molar-refractivity contribution is -0.0232. The third kappa shape index (κ3) is 5.58. The Morgan fingerprint density at radius 2 is 1.84 bits per heavy atom. The van der Waals surface area contributed by atoms with E-state index in [1.54, 1.807) is 25.1 Å². The highest BCUT2D eigenvalue weighted by Gasteiger charge is 2.36. The molecule has 1 heterocycles. The van der Waals surface area contributed by atoms with E-state index in [1.165, 1.54) is 4.68 Å². The van der Waals surface area contributed by atoms with E-state index in [2.05, 4.69) is 16.0 Å². The Morgan fingerprint density at radius 3 is 2.50 bits per heavy atom. The second-order valence-electron chi connectivity index (χ2n) is 7.62. The molecule has 0 aliphatic carbocycles. The van der Waals surface area contributed by atoms with Crippen molar-refractivity contribution in [3.63, 3.8) is 0 Å². The number of alkyl halides is 2. The number of carboxylic acid groups (broad SMARTS) is 1. The molecule has 5 nitrogen and oxygen atoms in total. The van der Waals surface area contributed by atoms with Crippen LogP contribution in [-0.4, -0.2) is 25.8 Å². The lowest BCUT2D eigenvalue weighted by Crippen LogP contribution is -2.15. The molecule has 166 valence electrons. The fraction of sp³-hybridized carbons (Fsp3) is 0.320. The second kappa shape index (κ2) is 10.2. The van der Waals surface area contributed by atoms with Gasteiger partial charge in [0.05, 0.1) is 12.1 Å². The molecule has 0 fully saturated rings. The summed E-state index contributed by atoms with van der Waals surface area (Å²) in [6, 6.07) is 14.5. The molecule has 2 aromatic carbocycles. The maximum atomic E-state index is 14.3. The lowest BCUT2D eigenvalue weighted by atomic mass is 9.99. The summed E-state index contributed by atoms with van der Waals surface area (Å²) in [6.07, 6.45) is 6.59. The summed E-state index contributed by atoms with van der Waals surface area (Å²) in [7, 11) is 0. The van der Waals surface area contributed by atoms with E-state index in [-0.39, 0.29) is 12.0 Å². The van der Waals surface area contributed by atoms with Crippen LogP contribution in [0.15, 0.2) is 48.5 Å². The highest BCUT2D eigenvalue weighted by molar-refractivity contribution is 5.89. The average Bonchev–Trinajstić information content (AvgIpc) is 3.17. The molecule has 0 amide bonds. The van der Waals surface area contributed by atoms with Crippen molar-refractivity contribution >= 4 is 5.97 Å². The van der Waals surface area contributed by atoms with Gasteiger partial charge in [0, 0.05) is 19.3 Å². The molecular formula is C25H25F2N3O2. The van der Waals surface area contributed by atoms with Crippen LogP contribution in [0.3, 0.4) is 0 Å². The van der Waals surface area contributed by atoms with Crippen LogP contribution in [0.4, 0.5) is 8.78 Å². The Morgan fingerprint density at radius 1 is 1.16 bits per heavy atom. The van der Waals surface area contributed by atoms with Gasteiger partial charge in [-0.15, -0.1) is 17.4 Å². The number of terminal acetylenes is 1. The molecule has 3 rings (SSSR count). The minimum absolute atomic E-state index is 0.276. The van der Waals surface area contributed by atoms with Crippen molar-refractivity contribution in [2.75, 3.05) is 0 Å². The predicted molar refractivity (Wildman–Crippen MR) is 118 cm³/mol. The Kier molecular flexibility index (Phi) is 7.37. The van der Waals surface area contributed by atoms with E-state index >= 15 is 0 Å². The number of hydrogen-bond acceptors (Lipinski definition) is 3. The van der Waals surface area contributed by atoms with Crippen LogP contribution in [0, 0.1) is 12.3 Å². The maximum absolute atomic E-state index is 14.3. The molecule has 0 saturated heterocycles. The highest BCUT2D eigenvalue weighted by Crippen LogP contribution is 2.30. The van der Waals surface area contributed by atoms with Gasteiger partial charge in [0.25, 0.3) is 0 Å². The van der Waals surface area contributed by atoms with Gasteiger partial charge in [0.2, 0.25) is 5.82 Å². The molecule has 1 aromatic heterocycles. The first-order valence-corrected chi connectivity index (χ1v) is 10.5. The first-order chi connectivity index (χ1) is 15.3. The van der Waals surface area contributed by atoms with Gasteiger partial charge in [-0.05, 0) is 35.6 Å². The summed E-state index contributed by atoms with van der Waals surface area (Å²) in [5.41, 5.74) is 2.82. The van der Waals surface area contributed by atoms with E-state index in [1.807, 2.05) is 30.3 Å². The molecule has 0 aliphatic rings. The van der Waals surface area contributed by atoms with Crippen LogP contribution in [0.1, 0.15) is 64.9 Å². The Balaban J connectivity index is 1.79. The van der Waals surface area contributed by atoms with E-state index < -0.39 is 17.7 Å². The van der Waals surface area contributed by atoms with E-state index in [0.29, 0.717) is 38.1 Å². The normalized spacial score (nSPS) is 11.3. The molecular weight excluding hydrogens is 412 g/mol. The Bertz CT molecular complexity index is 1110. The van der Waals surface area contributed by atoms with Crippen molar-refractivity contribution in [2.45, 2.75) is 51.5 Å². The van der Waals surface area contributed by atoms with Gasteiger partial charge < -0.3 is 5.11 Å². The van der Waals surface area contributed by atoms with E-state index in [4.69, 9.17) is 6.42 Å². The van der Waals surface area contributed by atoms with Crippen LogP contribution < -0.4 is 0 Å². The first-order valence-electron chi connectivity index (χ1n) is 10.5. The topological polar surface area (TPSA) is 68.0 Å². The molecule has 32 heavy (non-hydrogen) atoms. The van der Waals surface area contributed by atoms with Crippen molar-refractivity contribution in [2.24, 2.45) is 0 Å². The summed E-state index contributed by atoms with van der Waals surface area (Å²) >= 11 is 0. The zero-order valence-electron chi connectivity index (χ0n) is 17.9. The number of benzene rings is 2. The summed E-state index contributed by atoms with van der Waals surface area (Å²) in [5.74, 6) is -1.55. The van der Waals surface area contributed by atoms with Crippen molar-refractivity contribution in [1.82, 2.24) is 14.8 Å². The minimum atomic E-state index is -3.08. The fourth-order valence-electron chi connectivity index (χ4n) is 3.49. The van der Waals surface area contributed by atoms with E-state index in [0.717, 1.165) is 16.7 Å². The second-order valence-corrected chi connectivity index (χ2v) is 7.62. The lowest BCUT2D eigenvalue weighted by Gasteiger charge is -2.10. The zero-order valence-corrected chi connectivity index (χ0v) is 17.9. The van der Waals surface area contributed by atoms with Crippen LogP contribution >= 0.6 is 0 Å². The van der Waals surface area contributed by atoms with Crippen molar-refractivity contribution in [3.05, 3.63) is 82.4 Å². The number of carboxylic acids is 1. The number of aromatic nitrogens is 3. The maximum Gasteiger partial charge on any atom is 0.335 e. The van der Waals surface area contributed by atoms with Gasteiger partial charge in [0.1, 0.15) is 5.82 Å². The first kappa shape index (κ1) is 23.1. The summed E-state index contributed by atoms with van der Waals surface area (Å²) < 4.78 is 30.2. The highest BCUT2D eigenvalue weighted by atomic mass is 19.3. The number of nitrogens with zero attached hydrogens (tertiary/aromatic N) is 3. The summed E-state index contributed by atoms with van der Waals surface area (Å²) in [6.45, 7) is 1.99. The number of aromatic carboxylic acids is 1. The minimum Gasteiger partial charge on any atom is -0.478 e. The molecule has 0 saturated carbocycles. The Labute approximate surface area is 186 Å². The van der Waals surface area contributed by atoms with Crippen LogP contribution in [0.5, 0.6) is 0 Å². The molecule has 0 radical (unpaired) electrons. The molecule has 0 atom stereocenters. The predicted octanol–water partition coefficient (Wildman–Crippen LogP) is 5.07. The average molecular weight is 437 g/mol. The number of aryl methyl sites for hydroxylation is 1. The molecule has 0 spiro atoms. The number of hydrogen-bond donors (Lipinski definition) is 1. The molecule has 1 N–H and O–H groups in total. The van der Waals surface area contributed by atoms with Crippen molar-refractivity contribution < 1.29 is 18.7 Å². The third-order valence-electron chi connectivity index (χ3n) is 5.13. The molecule has 0 unspecified atom stereocenters. The molecule has 0 aliphatic heterocycles. The molecule has 7 heteroatoms. The number of halogens is 2. The smallest absolute Gasteiger partial charge is 0.335 e. The third-order valence-corrected chi connectivity index (χ3v) is 5.13. The largest absolute Gasteiger partial charge is 0.478 e. The van der Waals surface area contributed by atoms with E-state index in [9.17, 15) is 18.7 Å². The van der Waals surface area contributed by atoms with Crippen LogP contribution in [0.25, 0.3) is 0 Å². The fourth-order valence-corrected chi connectivity index (χ4v) is 3.49. The monoisotopic (exact) mass is 437 g/mol. The SMILES string of the molecule is C#CCCc1nc(C(F)(F)CCC)nn1Cc1ccc(Cc2ccccc2C(=O)O)cc1. The van der Waals surface area contributed by atoms with Crippen molar-refractivity contribution in [1.29, 1.82) is 0 Å². The van der Waals surface area contributed by atoms with Gasteiger partial charge in [0.15, 0.2) is 0 Å². The van der Waals surface area contributed by atoms with Gasteiger partial charge in [-0.1, -0.05) is 49.4 Å². The van der Waals surface area contributed by atoms with Crippen molar-refractivity contribution in [3.8, 4) is 12.3 Å². The zero-order chi connectivity index (χ0) is 23.1.